The number of carbonyl (C=O) groups excluding carboxylic acids is 2. The Bertz CT molecular complexity index is 1590. The molecular formula is C24H23F3N6O5S. The summed E-state index contributed by atoms with van der Waals surface area (Å²) in [6, 6.07) is 4.60. The van der Waals surface area contributed by atoms with Gasteiger partial charge in [0, 0.05) is 12.7 Å². The molecule has 0 saturated heterocycles. The summed E-state index contributed by atoms with van der Waals surface area (Å²) in [7, 11) is -3.65. The number of hydrogen-bond acceptors (Lipinski definition) is 8. The van der Waals surface area contributed by atoms with Gasteiger partial charge < -0.3 is 15.4 Å². The first-order valence-corrected chi connectivity index (χ1v) is 13.8. The van der Waals surface area contributed by atoms with Crippen LogP contribution >= 0.6 is 0 Å². The summed E-state index contributed by atoms with van der Waals surface area (Å²) in [5.41, 5.74) is 1.60. The molecule has 0 unspecified atom stereocenters. The van der Waals surface area contributed by atoms with E-state index < -0.39 is 45.7 Å². The van der Waals surface area contributed by atoms with Crippen LogP contribution in [0.2, 0.25) is 0 Å². The number of amides is 2. The van der Waals surface area contributed by atoms with Gasteiger partial charge in [0.25, 0.3) is 5.91 Å². The first-order valence-electron chi connectivity index (χ1n) is 11.8. The topological polar surface area (TPSA) is 145 Å². The summed E-state index contributed by atoms with van der Waals surface area (Å²) in [6.07, 6.45) is 0.484. The molecule has 0 radical (unpaired) electrons. The number of aryl methyl sites for hydroxylation is 2. The average Bonchev–Trinajstić information content (AvgIpc) is 3.35. The number of nitrogens with one attached hydrogen (secondary N) is 2. The van der Waals surface area contributed by atoms with E-state index in [1.807, 2.05) is 0 Å². The monoisotopic (exact) mass is 564 g/mol. The quantitative estimate of drug-likeness (QED) is 0.463. The van der Waals surface area contributed by atoms with Gasteiger partial charge in [0.2, 0.25) is 5.91 Å². The van der Waals surface area contributed by atoms with Crippen LogP contribution in [0.1, 0.15) is 39.3 Å². The number of sulfone groups is 1. The molecule has 1 aliphatic carbocycles. The highest BCUT2D eigenvalue weighted by atomic mass is 32.2. The van der Waals surface area contributed by atoms with Gasteiger partial charge in [0.1, 0.15) is 17.1 Å². The number of halogens is 3. The third kappa shape index (κ3) is 5.44. The summed E-state index contributed by atoms with van der Waals surface area (Å²) in [4.78, 5) is 34.5. The Balaban J connectivity index is 1.52. The third-order valence-corrected chi connectivity index (χ3v) is 7.24. The number of aromatic nitrogens is 4. The minimum atomic E-state index is -4.47. The van der Waals surface area contributed by atoms with Gasteiger partial charge in [0.15, 0.2) is 28.1 Å². The molecule has 2 N–H and O–H groups in total. The predicted octanol–water partition coefficient (Wildman–Crippen LogP) is 2.02. The van der Waals surface area contributed by atoms with Crippen LogP contribution in [-0.4, -0.2) is 64.8 Å². The van der Waals surface area contributed by atoms with E-state index in [4.69, 9.17) is 4.74 Å². The first kappa shape index (κ1) is 26.6. The Hall–Kier alpha value is -4.01. The normalized spacial score (nSPS) is 18.4. The van der Waals surface area contributed by atoms with E-state index in [-0.39, 0.29) is 29.4 Å². The highest BCUT2D eigenvalue weighted by Gasteiger charge is 2.47. The zero-order valence-electron chi connectivity index (χ0n) is 20.8. The van der Waals surface area contributed by atoms with Crippen molar-refractivity contribution >= 4 is 27.5 Å². The van der Waals surface area contributed by atoms with Gasteiger partial charge in [-0.05, 0) is 43.0 Å². The van der Waals surface area contributed by atoms with Crippen LogP contribution in [0, 0.1) is 6.92 Å². The van der Waals surface area contributed by atoms with Crippen molar-refractivity contribution in [1.82, 2.24) is 25.1 Å². The third-order valence-electron chi connectivity index (χ3n) is 6.46. The predicted molar refractivity (Wildman–Crippen MR) is 131 cm³/mol. The van der Waals surface area contributed by atoms with Gasteiger partial charge in [0.05, 0.1) is 29.3 Å². The molecule has 1 aromatic carbocycles. The molecule has 3 aromatic rings. The minimum Gasteiger partial charge on any atom is -0.484 e. The zero-order valence-corrected chi connectivity index (χ0v) is 21.6. The standard InChI is InChI=1S/C24H23F3N6O5S/c1-13-9-29-18(10-28-13)33-21(30-19(34)11-39(2,36)37)20-17(32-33)8-23(31-22(20)35)6-5-14-7-15(3-4-16(14)23)38-12-24(25,26)27/h3-4,7,9-10H,5-6,8,11-12H2,1-2H3,(H,30,34)(H,31,35)/t23-/m0/s1. The summed E-state index contributed by atoms with van der Waals surface area (Å²) in [5, 5.41) is 10.0. The molecule has 3 heterocycles. The summed E-state index contributed by atoms with van der Waals surface area (Å²) in [6.45, 7) is 0.318. The van der Waals surface area contributed by atoms with Crippen molar-refractivity contribution < 1.29 is 35.9 Å². The molecule has 2 aromatic heterocycles. The number of nitrogens with zero attached hydrogens (tertiary/aromatic N) is 4. The van der Waals surface area contributed by atoms with Crippen molar-refractivity contribution in [1.29, 1.82) is 0 Å². The van der Waals surface area contributed by atoms with Gasteiger partial charge in [-0.2, -0.15) is 23.0 Å². The second-order valence-corrected chi connectivity index (χ2v) is 11.8. The van der Waals surface area contributed by atoms with Crippen LogP contribution in [0.4, 0.5) is 19.0 Å². The molecule has 1 aliphatic heterocycles. The molecule has 206 valence electrons. The lowest BCUT2D eigenvalue weighted by Crippen LogP contribution is -2.49. The number of alkyl halides is 3. The zero-order chi connectivity index (χ0) is 28.2. The Morgan fingerprint density at radius 3 is 2.69 bits per heavy atom. The second-order valence-electron chi connectivity index (χ2n) is 9.65. The van der Waals surface area contributed by atoms with Gasteiger partial charge in [-0.1, -0.05) is 6.07 Å². The molecule has 5 rings (SSSR count). The largest absolute Gasteiger partial charge is 0.484 e. The Morgan fingerprint density at radius 1 is 1.26 bits per heavy atom. The molecule has 0 bridgehead atoms. The molecule has 0 saturated carbocycles. The highest BCUT2D eigenvalue weighted by molar-refractivity contribution is 7.91. The molecule has 2 aliphatic rings. The maximum atomic E-state index is 13.5. The van der Waals surface area contributed by atoms with Crippen LogP contribution in [0.25, 0.3) is 5.82 Å². The number of anilines is 1. The number of hydrogen-bond donors (Lipinski definition) is 2. The Kier molecular flexibility index (Phi) is 6.36. The van der Waals surface area contributed by atoms with Crippen LogP contribution in [-0.2, 0) is 33.0 Å². The minimum absolute atomic E-state index is 0.0433. The van der Waals surface area contributed by atoms with Crippen molar-refractivity contribution in [2.45, 2.75) is 37.9 Å². The summed E-state index contributed by atoms with van der Waals surface area (Å²) >= 11 is 0. The van der Waals surface area contributed by atoms with E-state index in [9.17, 15) is 31.2 Å². The van der Waals surface area contributed by atoms with Crippen molar-refractivity contribution in [3.63, 3.8) is 0 Å². The number of ether oxygens (including phenoxy) is 1. The van der Waals surface area contributed by atoms with E-state index in [1.54, 1.807) is 13.0 Å². The van der Waals surface area contributed by atoms with Gasteiger partial charge in [-0.3, -0.25) is 14.6 Å². The van der Waals surface area contributed by atoms with Gasteiger partial charge in [-0.25, -0.2) is 13.4 Å². The molecule has 15 heteroatoms. The first-order chi connectivity index (χ1) is 18.2. The molecule has 2 amide bonds. The SMILES string of the molecule is Cc1cnc(-n2nc3c(c2NC(=O)CS(C)(=O)=O)C(=O)N[C@@]2(CCc4cc(OCC(F)(F)F)ccc42)C3)cn1. The maximum Gasteiger partial charge on any atom is 0.422 e. The fourth-order valence-corrected chi connectivity index (χ4v) is 5.46. The van der Waals surface area contributed by atoms with Crippen LogP contribution in [0.3, 0.4) is 0 Å². The summed E-state index contributed by atoms with van der Waals surface area (Å²) in [5.74, 6) is -1.98. The molecule has 11 nitrogen and oxygen atoms in total. The second kappa shape index (κ2) is 9.32. The molecular weight excluding hydrogens is 541 g/mol. The maximum absolute atomic E-state index is 13.5. The van der Waals surface area contributed by atoms with Crippen molar-refractivity contribution in [3.8, 4) is 11.6 Å². The van der Waals surface area contributed by atoms with E-state index in [1.165, 1.54) is 29.2 Å². The van der Waals surface area contributed by atoms with E-state index in [0.29, 0.717) is 24.2 Å². The van der Waals surface area contributed by atoms with Gasteiger partial charge in [-0.15, -0.1) is 0 Å². The summed E-state index contributed by atoms with van der Waals surface area (Å²) < 4.78 is 67.2. The van der Waals surface area contributed by atoms with Crippen LogP contribution in [0.15, 0.2) is 30.6 Å². The van der Waals surface area contributed by atoms with E-state index in [0.717, 1.165) is 17.4 Å². The van der Waals surface area contributed by atoms with Crippen molar-refractivity contribution in [2.75, 3.05) is 23.9 Å². The van der Waals surface area contributed by atoms with E-state index in [2.05, 4.69) is 25.7 Å². The lowest BCUT2D eigenvalue weighted by molar-refractivity contribution is -0.153. The molecule has 1 atom stereocenters. The fraction of sp³-hybridized carbons (Fsp3) is 0.375. The van der Waals surface area contributed by atoms with Crippen molar-refractivity contribution in [2.24, 2.45) is 0 Å². The smallest absolute Gasteiger partial charge is 0.422 e. The lowest BCUT2D eigenvalue weighted by Gasteiger charge is -2.35. The average molecular weight is 565 g/mol. The van der Waals surface area contributed by atoms with Crippen LogP contribution in [0.5, 0.6) is 5.75 Å². The van der Waals surface area contributed by atoms with Gasteiger partial charge >= 0.3 is 6.18 Å². The molecule has 39 heavy (non-hydrogen) atoms. The molecule has 0 fully saturated rings. The number of fused-ring (bicyclic) bond motifs is 3. The highest BCUT2D eigenvalue weighted by Crippen LogP contribution is 2.44. The number of rotatable bonds is 6. The Morgan fingerprint density at radius 2 is 2.03 bits per heavy atom. The number of carbonyl (C=O) groups is 2. The lowest BCUT2D eigenvalue weighted by atomic mass is 9.82. The van der Waals surface area contributed by atoms with Crippen molar-refractivity contribution in [3.05, 3.63) is 58.7 Å². The Labute approximate surface area is 220 Å². The van der Waals surface area contributed by atoms with E-state index >= 15 is 0 Å². The number of benzene rings is 1. The fourth-order valence-electron chi connectivity index (χ4n) is 4.91. The van der Waals surface area contributed by atoms with Crippen LogP contribution < -0.4 is 15.4 Å². The molecule has 1 spiro atoms.